The van der Waals surface area contributed by atoms with Crippen molar-refractivity contribution in [3.05, 3.63) is 143 Å². The van der Waals surface area contributed by atoms with E-state index in [2.05, 4.69) is 53.4 Å². The van der Waals surface area contributed by atoms with Crippen LogP contribution in [0.25, 0.3) is 16.5 Å². The van der Waals surface area contributed by atoms with Gasteiger partial charge in [0.25, 0.3) is 0 Å². The zero-order chi connectivity index (χ0) is 24.5. The van der Waals surface area contributed by atoms with E-state index in [0.717, 1.165) is 32.4 Å². The van der Waals surface area contributed by atoms with Crippen LogP contribution in [-0.4, -0.2) is 11.6 Å². The summed E-state index contributed by atoms with van der Waals surface area (Å²) in [5.41, 5.74) is 5.55. The summed E-state index contributed by atoms with van der Waals surface area (Å²) in [5, 5.41) is 0. The van der Waals surface area contributed by atoms with Crippen LogP contribution in [0.15, 0.2) is 127 Å². The summed E-state index contributed by atoms with van der Waals surface area (Å²) in [7, 11) is 0. The maximum atomic E-state index is 12.7. The molecule has 1 aliphatic rings. The number of hydrogen-bond donors (Lipinski definition) is 0. The molecular formula is C32H21NO2S. The number of fused-ring (bicyclic) bond motifs is 1. The largest absolute Gasteiger partial charge is 0.311 e. The van der Waals surface area contributed by atoms with Gasteiger partial charge in [0.05, 0.1) is 5.57 Å². The van der Waals surface area contributed by atoms with Crippen LogP contribution in [-0.2, 0) is 0 Å². The van der Waals surface area contributed by atoms with E-state index in [0.29, 0.717) is 11.1 Å². The van der Waals surface area contributed by atoms with Gasteiger partial charge in [-0.15, -0.1) is 11.3 Å². The Morgan fingerprint density at radius 1 is 0.528 bits per heavy atom. The lowest BCUT2D eigenvalue weighted by molar-refractivity contribution is 0.0990. The Labute approximate surface area is 213 Å². The van der Waals surface area contributed by atoms with Crippen molar-refractivity contribution >= 4 is 46.0 Å². The van der Waals surface area contributed by atoms with Gasteiger partial charge in [0.2, 0.25) is 0 Å². The molecule has 0 radical (unpaired) electrons. The number of ketones is 2. The molecule has 0 saturated heterocycles. The fraction of sp³-hybridized carbons (Fsp3) is 0. The quantitative estimate of drug-likeness (QED) is 0.186. The number of Topliss-reactive ketones (excluding diaryl/α,β-unsaturated/α-hetero) is 2. The van der Waals surface area contributed by atoms with Crippen molar-refractivity contribution in [3.63, 3.8) is 0 Å². The second-order valence-corrected chi connectivity index (χ2v) is 9.63. The van der Waals surface area contributed by atoms with Gasteiger partial charge in [-0.05, 0) is 60.2 Å². The van der Waals surface area contributed by atoms with Crippen LogP contribution in [0.3, 0.4) is 0 Å². The molecule has 0 amide bonds. The van der Waals surface area contributed by atoms with Crippen LogP contribution in [0.4, 0.5) is 17.1 Å². The highest BCUT2D eigenvalue weighted by Gasteiger charge is 2.32. The maximum Gasteiger partial charge on any atom is 0.197 e. The third kappa shape index (κ3) is 3.98. The van der Waals surface area contributed by atoms with Gasteiger partial charge in [-0.3, -0.25) is 9.59 Å². The fourth-order valence-electron chi connectivity index (χ4n) is 4.51. The van der Waals surface area contributed by atoms with Crippen LogP contribution in [0.1, 0.15) is 25.6 Å². The molecule has 1 aliphatic carbocycles. The smallest absolute Gasteiger partial charge is 0.197 e. The summed E-state index contributed by atoms with van der Waals surface area (Å²) < 4.78 is 0. The minimum absolute atomic E-state index is 0.197. The Morgan fingerprint density at radius 2 is 1.03 bits per heavy atom. The SMILES string of the molecule is O=C1C(=Cc2ccc(-c3ccc(N(c4ccccc4)c4ccccc4)cc3)s2)C(=O)c2ccccc21. The summed E-state index contributed by atoms with van der Waals surface area (Å²) in [5.74, 6) is -0.395. The molecule has 3 nitrogen and oxygen atoms in total. The van der Waals surface area contributed by atoms with Crippen molar-refractivity contribution in [1.82, 2.24) is 0 Å². The minimum Gasteiger partial charge on any atom is -0.311 e. The summed E-state index contributed by atoms with van der Waals surface area (Å²) in [6, 6.07) is 40.1. The molecule has 0 fully saturated rings. The molecule has 6 rings (SSSR count). The van der Waals surface area contributed by atoms with Gasteiger partial charge in [0, 0.05) is 37.9 Å². The third-order valence-corrected chi connectivity index (χ3v) is 7.34. The highest BCUT2D eigenvalue weighted by molar-refractivity contribution is 7.16. The van der Waals surface area contributed by atoms with E-state index in [-0.39, 0.29) is 17.1 Å². The van der Waals surface area contributed by atoms with Crippen LogP contribution < -0.4 is 4.90 Å². The molecule has 0 aliphatic heterocycles. The summed E-state index contributed by atoms with van der Waals surface area (Å²) in [6.07, 6.45) is 1.72. The highest BCUT2D eigenvalue weighted by Crippen LogP contribution is 2.37. The second kappa shape index (κ2) is 9.25. The zero-order valence-corrected chi connectivity index (χ0v) is 20.1. The first-order chi connectivity index (χ1) is 17.7. The number of allylic oxidation sites excluding steroid dienone is 1. The number of anilines is 3. The molecule has 0 saturated carbocycles. The summed E-state index contributed by atoms with van der Waals surface area (Å²) in [6.45, 7) is 0. The van der Waals surface area contributed by atoms with E-state index >= 15 is 0 Å². The van der Waals surface area contributed by atoms with Gasteiger partial charge in [-0.25, -0.2) is 0 Å². The van der Waals surface area contributed by atoms with E-state index in [1.165, 1.54) is 0 Å². The summed E-state index contributed by atoms with van der Waals surface area (Å²) in [4.78, 5) is 29.7. The normalized spacial score (nSPS) is 12.5. The Balaban J connectivity index is 1.29. The average molecular weight is 484 g/mol. The molecule has 0 atom stereocenters. The topological polar surface area (TPSA) is 37.4 Å². The van der Waals surface area contributed by atoms with E-state index in [4.69, 9.17) is 0 Å². The summed E-state index contributed by atoms with van der Waals surface area (Å²) >= 11 is 1.57. The predicted molar refractivity (Wildman–Crippen MR) is 148 cm³/mol. The number of thiophene rings is 1. The number of carbonyl (C=O) groups excluding carboxylic acids is 2. The van der Waals surface area contributed by atoms with Crippen LogP contribution >= 0.6 is 11.3 Å². The number of rotatable bonds is 5. The third-order valence-electron chi connectivity index (χ3n) is 6.26. The molecule has 5 aromatic rings. The van der Waals surface area contributed by atoms with Gasteiger partial charge in [0.15, 0.2) is 11.6 Å². The van der Waals surface area contributed by atoms with Gasteiger partial charge in [0.1, 0.15) is 0 Å². The van der Waals surface area contributed by atoms with Gasteiger partial charge in [-0.2, -0.15) is 0 Å². The number of hydrogen-bond acceptors (Lipinski definition) is 4. The number of benzene rings is 4. The minimum atomic E-state index is -0.197. The highest BCUT2D eigenvalue weighted by atomic mass is 32.1. The Hall–Kier alpha value is -4.54. The van der Waals surface area contributed by atoms with Gasteiger partial charge >= 0.3 is 0 Å². The standard InChI is InChI=1S/C32H21NO2S/c34-31-27-13-7-8-14-28(27)32(35)29(31)21-26-19-20-30(36-26)22-15-17-25(18-16-22)33(23-9-3-1-4-10-23)24-11-5-2-6-12-24/h1-21H. The molecule has 1 heterocycles. The molecule has 1 aromatic heterocycles. The average Bonchev–Trinajstić information content (AvgIpc) is 3.50. The Kier molecular flexibility index (Phi) is 5.64. The van der Waals surface area contributed by atoms with Crippen molar-refractivity contribution in [2.75, 3.05) is 4.90 Å². The molecule has 0 unspecified atom stereocenters. The lowest BCUT2D eigenvalue weighted by Crippen LogP contribution is -2.09. The molecule has 172 valence electrons. The zero-order valence-electron chi connectivity index (χ0n) is 19.3. The molecule has 0 bridgehead atoms. The van der Waals surface area contributed by atoms with Gasteiger partial charge < -0.3 is 4.90 Å². The Morgan fingerprint density at radius 3 is 1.58 bits per heavy atom. The van der Waals surface area contributed by atoms with Crippen molar-refractivity contribution in [2.45, 2.75) is 0 Å². The first kappa shape index (κ1) is 22.0. The van der Waals surface area contributed by atoms with E-state index in [1.807, 2.05) is 48.5 Å². The fourth-order valence-corrected chi connectivity index (χ4v) is 5.46. The second-order valence-electron chi connectivity index (χ2n) is 8.52. The number of carbonyl (C=O) groups is 2. The number of nitrogens with zero attached hydrogens (tertiary/aromatic N) is 1. The van der Waals surface area contributed by atoms with Crippen LogP contribution in [0.5, 0.6) is 0 Å². The van der Waals surface area contributed by atoms with Crippen molar-refractivity contribution in [1.29, 1.82) is 0 Å². The van der Waals surface area contributed by atoms with E-state index in [1.54, 1.807) is 41.7 Å². The molecule has 4 heteroatoms. The van der Waals surface area contributed by atoms with Gasteiger partial charge in [-0.1, -0.05) is 72.8 Å². The van der Waals surface area contributed by atoms with Crippen molar-refractivity contribution in [3.8, 4) is 10.4 Å². The van der Waals surface area contributed by atoms with Crippen LogP contribution in [0.2, 0.25) is 0 Å². The molecule has 36 heavy (non-hydrogen) atoms. The maximum absolute atomic E-state index is 12.7. The Bertz CT molecular complexity index is 1520. The molecular weight excluding hydrogens is 462 g/mol. The van der Waals surface area contributed by atoms with E-state index < -0.39 is 0 Å². The molecule has 4 aromatic carbocycles. The van der Waals surface area contributed by atoms with Crippen molar-refractivity contribution < 1.29 is 9.59 Å². The lowest BCUT2D eigenvalue weighted by atomic mass is 10.1. The van der Waals surface area contributed by atoms with Crippen molar-refractivity contribution in [2.24, 2.45) is 0 Å². The predicted octanol–water partition coefficient (Wildman–Crippen LogP) is 8.35. The monoisotopic (exact) mass is 483 g/mol. The molecule has 0 spiro atoms. The van der Waals surface area contributed by atoms with E-state index in [9.17, 15) is 9.59 Å². The molecule has 0 N–H and O–H groups in total. The number of para-hydroxylation sites is 2. The first-order valence-corrected chi connectivity index (χ1v) is 12.5. The lowest BCUT2D eigenvalue weighted by Gasteiger charge is -2.25. The van der Waals surface area contributed by atoms with Crippen LogP contribution in [0, 0.1) is 0 Å². The first-order valence-electron chi connectivity index (χ1n) is 11.7.